The molecule has 4 rings (SSSR count). The van der Waals surface area contributed by atoms with E-state index in [4.69, 9.17) is 0 Å². The molecular weight excluding hydrogens is 364 g/mol. The van der Waals surface area contributed by atoms with Crippen molar-refractivity contribution in [1.29, 1.82) is 0 Å². The van der Waals surface area contributed by atoms with Gasteiger partial charge in [0.05, 0.1) is 23.1 Å². The van der Waals surface area contributed by atoms with Gasteiger partial charge >= 0.3 is 0 Å². The summed E-state index contributed by atoms with van der Waals surface area (Å²) in [5, 5.41) is 7.31. The molecule has 29 heavy (non-hydrogen) atoms. The van der Waals surface area contributed by atoms with Crippen molar-refractivity contribution in [3.8, 4) is 0 Å². The minimum Gasteiger partial charge on any atom is -0.369 e. The van der Waals surface area contributed by atoms with Crippen molar-refractivity contribution in [2.75, 3.05) is 36.4 Å². The zero-order valence-corrected chi connectivity index (χ0v) is 17.5. The van der Waals surface area contributed by atoms with Gasteiger partial charge in [0.1, 0.15) is 0 Å². The van der Waals surface area contributed by atoms with Crippen molar-refractivity contribution in [2.45, 2.75) is 33.7 Å². The third kappa shape index (κ3) is 3.82. The van der Waals surface area contributed by atoms with Gasteiger partial charge < -0.3 is 10.2 Å². The molecule has 0 spiro atoms. The Bertz CT molecular complexity index is 1030. The van der Waals surface area contributed by atoms with Crippen molar-refractivity contribution >= 4 is 22.9 Å². The van der Waals surface area contributed by atoms with Gasteiger partial charge in [-0.25, -0.2) is 9.50 Å². The van der Waals surface area contributed by atoms with E-state index in [-0.39, 0.29) is 5.91 Å². The molecule has 0 unspecified atom stereocenters. The zero-order valence-electron chi connectivity index (χ0n) is 17.5. The molecule has 2 aromatic heterocycles. The van der Waals surface area contributed by atoms with E-state index in [1.165, 1.54) is 0 Å². The van der Waals surface area contributed by atoms with E-state index >= 15 is 0 Å². The first kappa shape index (κ1) is 19.4. The molecular formula is C22H28N6O. The molecule has 1 fully saturated rings. The van der Waals surface area contributed by atoms with E-state index in [2.05, 4.69) is 45.1 Å². The number of aryl methyl sites for hydroxylation is 2. The molecule has 3 aromatic rings. The summed E-state index contributed by atoms with van der Waals surface area (Å²) in [6.45, 7) is 12.3. The second-order valence-electron chi connectivity index (χ2n) is 7.88. The van der Waals surface area contributed by atoms with Crippen molar-refractivity contribution in [2.24, 2.45) is 0 Å². The van der Waals surface area contributed by atoms with Gasteiger partial charge in [-0.05, 0) is 45.9 Å². The second-order valence-corrected chi connectivity index (χ2v) is 7.88. The first-order chi connectivity index (χ1) is 13.9. The normalized spacial score (nSPS) is 15.3. The highest BCUT2D eigenvalue weighted by atomic mass is 16.1. The first-order valence-electron chi connectivity index (χ1n) is 10.2. The predicted octanol–water partition coefficient (Wildman–Crippen LogP) is 3.13. The van der Waals surface area contributed by atoms with Crippen LogP contribution in [0.4, 0.5) is 11.4 Å². The van der Waals surface area contributed by atoms with Crippen molar-refractivity contribution in [3.05, 3.63) is 53.5 Å². The molecule has 1 saturated heterocycles. The van der Waals surface area contributed by atoms with Crippen LogP contribution in [0.2, 0.25) is 0 Å². The van der Waals surface area contributed by atoms with Crippen molar-refractivity contribution in [3.63, 3.8) is 0 Å². The monoisotopic (exact) mass is 392 g/mol. The molecule has 3 heterocycles. The fraction of sp³-hybridized carbons (Fsp3) is 0.409. The van der Waals surface area contributed by atoms with Crippen LogP contribution in [0.5, 0.6) is 0 Å². The standard InChI is InChI=1S/C22H28N6O/c1-15(2)26-10-12-27(13-11-26)19-7-5-6-18(14-19)25-22(29)21-16(3)24-20-8-9-23-28(20)17(21)4/h5-9,14-15H,10-13H2,1-4H3,(H,25,29). The number of benzene rings is 1. The Morgan fingerprint density at radius 3 is 2.59 bits per heavy atom. The average Bonchev–Trinajstić information content (AvgIpc) is 3.17. The number of piperazine rings is 1. The number of fused-ring (bicyclic) bond motifs is 1. The zero-order chi connectivity index (χ0) is 20.5. The molecule has 0 radical (unpaired) electrons. The summed E-state index contributed by atoms with van der Waals surface area (Å²) in [6.07, 6.45) is 1.69. The topological polar surface area (TPSA) is 65.8 Å². The summed E-state index contributed by atoms with van der Waals surface area (Å²) < 4.78 is 1.70. The Labute approximate surface area is 171 Å². The maximum absolute atomic E-state index is 13.0. The van der Waals surface area contributed by atoms with E-state index in [1.54, 1.807) is 10.7 Å². The number of carbonyl (C=O) groups is 1. The molecule has 7 heteroatoms. The molecule has 0 bridgehead atoms. The quantitative estimate of drug-likeness (QED) is 0.739. The Kier molecular flexibility index (Phi) is 5.24. The van der Waals surface area contributed by atoms with Gasteiger partial charge in [-0.2, -0.15) is 5.10 Å². The molecule has 1 aliphatic heterocycles. The van der Waals surface area contributed by atoms with Gasteiger partial charge in [-0.15, -0.1) is 0 Å². The fourth-order valence-corrected chi connectivity index (χ4v) is 4.03. The van der Waals surface area contributed by atoms with Gasteiger partial charge in [0.25, 0.3) is 5.91 Å². The van der Waals surface area contributed by atoms with Crippen LogP contribution in [0.3, 0.4) is 0 Å². The van der Waals surface area contributed by atoms with E-state index in [1.807, 2.05) is 38.1 Å². The van der Waals surface area contributed by atoms with Crippen LogP contribution < -0.4 is 10.2 Å². The van der Waals surface area contributed by atoms with Crippen LogP contribution in [0.1, 0.15) is 35.6 Å². The number of carbonyl (C=O) groups excluding carboxylic acids is 1. The minimum absolute atomic E-state index is 0.160. The maximum atomic E-state index is 13.0. The first-order valence-corrected chi connectivity index (χ1v) is 10.2. The Balaban J connectivity index is 1.52. The number of hydrogen-bond donors (Lipinski definition) is 1. The average molecular weight is 393 g/mol. The maximum Gasteiger partial charge on any atom is 0.259 e. The highest BCUT2D eigenvalue weighted by Gasteiger charge is 2.20. The predicted molar refractivity (Wildman–Crippen MR) is 116 cm³/mol. The highest BCUT2D eigenvalue weighted by Crippen LogP contribution is 2.23. The number of anilines is 2. The number of amides is 1. The van der Waals surface area contributed by atoms with E-state index < -0.39 is 0 Å². The van der Waals surface area contributed by atoms with Crippen molar-refractivity contribution < 1.29 is 4.79 Å². The summed E-state index contributed by atoms with van der Waals surface area (Å²) in [7, 11) is 0. The fourth-order valence-electron chi connectivity index (χ4n) is 4.03. The van der Waals surface area contributed by atoms with Crippen LogP contribution in [-0.2, 0) is 0 Å². The van der Waals surface area contributed by atoms with Gasteiger partial charge in [-0.3, -0.25) is 9.69 Å². The third-order valence-electron chi connectivity index (χ3n) is 5.69. The van der Waals surface area contributed by atoms with Gasteiger partial charge in [-0.1, -0.05) is 6.07 Å². The van der Waals surface area contributed by atoms with Crippen LogP contribution in [0.15, 0.2) is 36.5 Å². The summed E-state index contributed by atoms with van der Waals surface area (Å²) >= 11 is 0. The molecule has 1 aliphatic rings. The molecule has 152 valence electrons. The third-order valence-corrected chi connectivity index (χ3v) is 5.69. The highest BCUT2D eigenvalue weighted by molar-refractivity contribution is 6.06. The number of nitrogens with one attached hydrogen (secondary N) is 1. The van der Waals surface area contributed by atoms with Crippen LogP contribution in [0.25, 0.3) is 5.65 Å². The summed E-state index contributed by atoms with van der Waals surface area (Å²) in [5.74, 6) is -0.160. The molecule has 1 N–H and O–H groups in total. The lowest BCUT2D eigenvalue weighted by Gasteiger charge is -2.38. The Hall–Kier alpha value is -2.93. The lowest BCUT2D eigenvalue weighted by molar-refractivity contribution is 0.102. The lowest BCUT2D eigenvalue weighted by Crippen LogP contribution is -2.48. The minimum atomic E-state index is -0.160. The van der Waals surface area contributed by atoms with Crippen molar-refractivity contribution in [1.82, 2.24) is 19.5 Å². The van der Waals surface area contributed by atoms with Crippen LogP contribution >= 0.6 is 0 Å². The summed E-state index contributed by atoms with van der Waals surface area (Å²) in [4.78, 5) is 22.4. The van der Waals surface area contributed by atoms with Gasteiger partial charge in [0.15, 0.2) is 5.65 Å². The summed E-state index contributed by atoms with van der Waals surface area (Å²) in [6, 6.07) is 10.5. The smallest absolute Gasteiger partial charge is 0.259 e. The second kappa shape index (κ2) is 7.83. The molecule has 0 aliphatic carbocycles. The van der Waals surface area contributed by atoms with E-state index in [9.17, 15) is 4.79 Å². The number of hydrogen-bond acceptors (Lipinski definition) is 5. The Morgan fingerprint density at radius 2 is 1.86 bits per heavy atom. The van der Waals surface area contributed by atoms with Crippen LogP contribution in [-0.4, -0.2) is 57.6 Å². The summed E-state index contributed by atoms with van der Waals surface area (Å²) in [5.41, 5.74) is 4.74. The lowest BCUT2D eigenvalue weighted by atomic mass is 10.1. The van der Waals surface area contributed by atoms with Gasteiger partial charge in [0.2, 0.25) is 0 Å². The Morgan fingerprint density at radius 1 is 1.10 bits per heavy atom. The molecule has 1 aromatic carbocycles. The number of nitrogens with zero attached hydrogens (tertiary/aromatic N) is 5. The number of aromatic nitrogens is 3. The molecule has 7 nitrogen and oxygen atoms in total. The SMILES string of the molecule is Cc1nc2ccnn2c(C)c1C(=O)Nc1cccc(N2CCN(C(C)C)CC2)c1. The van der Waals surface area contributed by atoms with Crippen LogP contribution in [0, 0.1) is 13.8 Å². The van der Waals surface area contributed by atoms with Gasteiger partial charge in [0, 0.05) is 49.7 Å². The van der Waals surface area contributed by atoms with E-state index in [0.29, 0.717) is 17.3 Å². The number of rotatable bonds is 4. The molecule has 0 atom stereocenters. The molecule has 0 saturated carbocycles. The molecule has 1 amide bonds. The largest absolute Gasteiger partial charge is 0.369 e. The van der Waals surface area contributed by atoms with E-state index in [0.717, 1.165) is 48.9 Å².